The van der Waals surface area contributed by atoms with Crippen LogP contribution in [0.2, 0.25) is 0 Å². The van der Waals surface area contributed by atoms with Crippen LogP contribution in [-0.4, -0.2) is 27.9 Å². The molecule has 0 aromatic carbocycles. The van der Waals surface area contributed by atoms with Crippen LogP contribution in [0.25, 0.3) is 0 Å². The molecule has 0 aromatic rings. The molecule has 0 N–H and O–H groups in total. The Kier molecular flexibility index (Phi) is 6.59. The van der Waals surface area contributed by atoms with Crippen molar-refractivity contribution in [3.8, 4) is 0 Å². The van der Waals surface area contributed by atoms with Gasteiger partial charge in [0.05, 0.1) is 0 Å². The maximum absolute atomic E-state index is 5.48. The summed E-state index contributed by atoms with van der Waals surface area (Å²) in [6.07, 6.45) is 0. The Labute approximate surface area is 81.0 Å². The van der Waals surface area contributed by atoms with E-state index in [0.29, 0.717) is 12.5 Å². The predicted octanol–water partition coefficient (Wildman–Crippen LogP) is 1.41. The van der Waals surface area contributed by atoms with E-state index in [1.54, 1.807) is 21.3 Å². The van der Waals surface area contributed by atoms with Gasteiger partial charge in [0.2, 0.25) is 0 Å². The third-order valence-corrected chi connectivity index (χ3v) is 6.31. The van der Waals surface area contributed by atoms with Gasteiger partial charge in [-0.25, -0.2) is 0 Å². The summed E-state index contributed by atoms with van der Waals surface area (Å²) in [7, 11) is 4.68. The average molecular weight is 257 g/mol. The van der Waals surface area contributed by atoms with Gasteiger partial charge >= 0.3 is 81.0 Å². The first kappa shape index (κ1) is 12.7. The van der Waals surface area contributed by atoms with Gasteiger partial charge in [-0.1, -0.05) is 0 Å². The van der Waals surface area contributed by atoms with Crippen LogP contribution in [0.5, 0.6) is 0 Å². The van der Waals surface area contributed by atoms with Crippen molar-refractivity contribution in [1.29, 1.82) is 0 Å². The SMILES string of the molecule is C[O][Zr]([O]C)([O]C)[O]CC(C)C. The van der Waals surface area contributed by atoms with Crippen LogP contribution < -0.4 is 0 Å². The van der Waals surface area contributed by atoms with E-state index in [0.717, 1.165) is 0 Å². The molecule has 0 fully saturated rings. The van der Waals surface area contributed by atoms with E-state index in [9.17, 15) is 0 Å². The van der Waals surface area contributed by atoms with Crippen LogP contribution >= 0.6 is 0 Å². The molecule has 12 heavy (non-hydrogen) atoms. The molecule has 0 rings (SSSR count). The van der Waals surface area contributed by atoms with E-state index in [2.05, 4.69) is 13.8 Å². The Morgan fingerprint density at radius 1 is 1.00 bits per heavy atom. The van der Waals surface area contributed by atoms with Crippen LogP contribution in [0, 0.1) is 5.92 Å². The van der Waals surface area contributed by atoms with E-state index in [-0.39, 0.29) is 0 Å². The first-order valence-corrected chi connectivity index (χ1v) is 7.91. The minimum atomic E-state index is -3.52. The van der Waals surface area contributed by atoms with Crippen LogP contribution in [0.15, 0.2) is 0 Å². The maximum atomic E-state index is 5.48. The molecule has 0 spiro atoms. The second-order valence-electron chi connectivity index (χ2n) is 2.82. The molecule has 4 nitrogen and oxygen atoms in total. The summed E-state index contributed by atoms with van der Waals surface area (Å²) in [6, 6.07) is 0. The van der Waals surface area contributed by atoms with Gasteiger partial charge in [-0.2, -0.15) is 0 Å². The summed E-state index contributed by atoms with van der Waals surface area (Å²) in [6.45, 7) is 4.75. The standard InChI is InChI=1S/C4H9O.3CH3O.Zr/c1-4(2)3-5;3*1-2;/h4H,3H2,1-2H3;3*1H3;/q4*-1;+4. The first-order chi connectivity index (χ1) is 5.60. The van der Waals surface area contributed by atoms with E-state index in [1.165, 1.54) is 0 Å². The summed E-state index contributed by atoms with van der Waals surface area (Å²) in [5.41, 5.74) is 0. The fourth-order valence-electron chi connectivity index (χ4n) is 0.696. The second kappa shape index (κ2) is 6.22. The molecule has 0 amide bonds. The zero-order valence-corrected chi connectivity index (χ0v) is 10.9. The molecule has 0 heterocycles. The van der Waals surface area contributed by atoms with Crippen LogP contribution in [0.4, 0.5) is 0 Å². The molecular weight excluding hydrogens is 239 g/mol. The molecule has 0 aliphatic carbocycles. The van der Waals surface area contributed by atoms with Crippen molar-refractivity contribution in [3.63, 3.8) is 0 Å². The average Bonchev–Trinajstić information content (AvgIpc) is 2.08. The fourth-order valence-corrected chi connectivity index (χ4v) is 4.11. The second-order valence-corrected chi connectivity index (χ2v) is 9.00. The van der Waals surface area contributed by atoms with Gasteiger partial charge in [-0.15, -0.1) is 0 Å². The molecule has 0 aromatic heterocycles. The summed E-state index contributed by atoms with van der Waals surface area (Å²) in [4.78, 5) is 0. The first-order valence-electron chi connectivity index (χ1n) is 3.89. The minimum absolute atomic E-state index is 0.460. The molecule has 0 radical (unpaired) electrons. The number of hydrogen-bond acceptors (Lipinski definition) is 4. The fraction of sp³-hybridized carbons (Fsp3) is 1.00. The molecule has 0 atom stereocenters. The molecule has 0 bridgehead atoms. The Hall–Kier alpha value is 0.723. The van der Waals surface area contributed by atoms with Crippen molar-refractivity contribution in [2.45, 2.75) is 13.8 Å². The van der Waals surface area contributed by atoms with E-state index >= 15 is 0 Å². The van der Waals surface area contributed by atoms with E-state index in [1.807, 2.05) is 0 Å². The third kappa shape index (κ3) is 4.10. The van der Waals surface area contributed by atoms with Crippen LogP contribution in [-0.2, 0) is 33.3 Å². The van der Waals surface area contributed by atoms with Gasteiger partial charge in [0.15, 0.2) is 0 Å². The Balaban J connectivity index is 3.93. The van der Waals surface area contributed by atoms with Crippen molar-refractivity contribution >= 4 is 0 Å². The van der Waals surface area contributed by atoms with Crippen molar-refractivity contribution < 1.29 is 33.3 Å². The Bertz CT molecular complexity index is 106. The number of hydrogen-bond donors (Lipinski definition) is 0. The summed E-state index contributed by atoms with van der Waals surface area (Å²) in [5, 5.41) is 0. The van der Waals surface area contributed by atoms with Gasteiger partial charge in [0.1, 0.15) is 0 Å². The molecule has 0 aliphatic heterocycles. The van der Waals surface area contributed by atoms with Crippen molar-refractivity contribution in [2.24, 2.45) is 5.92 Å². The Morgan fingerprint density at radius 3 is 1.67 bits per heavy atom. The topological polar surface area (TPSA) is 36.9 Å². The molecule has 0 unspecified atom stereocenters. The summed E-state index contributed by atoms with van der Waals surface area (Å²) >= 11 is -3.52. The van der Waals surface area contributed by atoms with Crippen LogP contribution in [0.3, 0.4) is 0 Å². The van der Waals surface area contributed by atoms with E-state index in [4.69, 9.17) is 11.3 Å². The van der Waals surface area contributed by atoms with E-state index < -0.39 is 22.0 Å². The van der Waals surface area contributed by atoms with Gasteiger partial charge in [-0.05, 0) is 0 Å². The monoisotopic (exact) mass is 256 g/mol. The van der Waals surface area contributed by atoms with Gasteiger partial charge < -0.3 is 0 Å². The third-order valence-electron chi connectivity index (χ3n) is 1.34. The van der Waals surface area contributed by atoms with Crippen molar-refractivity contribution in [2.75, 3.05) is 27.9 Å². The van der Waals surface area contributed by atoms with Gasteiger partial charge in [-0.3, -0.25) is 0 Å². The molecule has 0 saturated carbocycles. The van der Waals surface area contributed by atoms with Crippen molar-refractivity contribution in [3.05, 3.63) is 0 Å². The summed E-state index contributed by atoms with van der Waals surface area (Å²) < 4.78 is 20.9. The quantitative estimate of drug-likeness (QED) is 0.721. The molecular formula is C7H18O4Zr. The van der Waals surface area contributed by atoms with Gasteiger partial charge in [0.25, 0.3) is 0 Å². The number of rotatable bonds is 6. The molecule has 0 aliphatic rings. The Morgan fingerprint density at radius 2 is 1.42 bits per heavy atom. The van der Waals surface area contributed by atoms with Crippen molar-refractivity contribution in [1.82, 2.24) is 0 Å². The van der Waals surface area contributed by atoms with Gasteiger partial charge in [0, 0.05) is 0 Å². The van der Waals surface area contributed by atoms with Crippen LogP contribution in [0.1, 0.15) is 13.8 Å². The predicted molar refractivity (Wildman–Crippen MR) is 41.8 cm³/mol. The zero-order chi connectivity index (χ0) is 9.61. The normalized spacial score (nSPS) is 12.5. The molecule has 0 saturated heterocycles. The molecule has 74 valence electrons. The summed E-state index contributed by atoms with van der Waals surface area (Å²) in [5.74, 6) is 0.460. The molecule has 5 heteroatoms. The zero-order valence-electron chi connectivity index (χ0n) is 8.42.